The van der Waals surface area contributed by atoms with Gasteiger partial charge in [-0.05, 0) is 31.5 Å². The van der Waals surface area contributed by atoms with Crippen LogP contribution in [0.3, 0.4) is 0 Å². The van der Waals surface area contributed by atoms with Crippen molar-refractivity contribution >= 4 is 29.0 Å². The summed E-state index contributed by atoms with van der Waals surface area (Å²) in [6, 6.07) is 9.48. The molecule has 0 aliphatic rings. The van der Waals surface area contributed by atoms with E-state index in [1.54, 1.807) is 31.3 Å². The van der Waals surface area contributed by atoms with Crippen LogP contribution in [0.5, 0.6) is 0 Å². The summed E-state index contributed by atoms with van der Waals surface area (Å²) in [5, 5.41) is 18.2. The van der Waals surface area contributed by atoms with E-state index < -0.39 is 4.92 Å². The first-order valence-electron chi connectivity index (χ1n) is 8.00. The van der Waals surface area contributed by atoms with E-state index in [1.807, 2.05) is 13.0 Å². The Kier molecular flexibility index (Phi) is 5.51. The Hall–Kier alpha value is -3.20. The van der Waals surface area contributed by atoms with Crippen LogP contribution in [0.2, 0.25) is 0 Å². The molecule has 0 spiro atoms. The summed E-state index contributed by atoms with van der Waals surface area (Å²) in [4.78, 5) is 27.4. The van der Waals surface area contributed by atoms with Crippen LogP contribution in [0.15, 0.2) is 52.1 Å². The smallest absolute Gasteiger partial charge is 0.271 e. The van der Waals surface area contributed by atoms with Gasteiger partial charge in [0.1, 0.15) is 10.8 Å². The number of thioether (sulfide) groups is 1. The van der Waals surface area contributed by atoms with Crippen LogP contribution >= 0.6 is 11.8 Å². The lowest BCUT2D eigenvalue weighted by Gasteiger charge is -2.10. The number of carbonyl (C=O) groups is 1. The molecule has 1 aromatic carbocycles. The zero-order valence-corrected chi connectivity index (χ0v) is 15.4. The first-order chi connectivity index (χ1) is 12.9. The standard InChI is InChI=1S/C18H16N4O4S/c1-11-5-6-14(22(24)25)9-16(11)20-17(23)15-4-3-7-19-18(15)27-10-13-8-12(2)26-21-13/h3-9H,10H2,1-2H3,(H,20,23). The normalized spacial score (nSPS) is 10.6. The molecule has 0 unspecified atom stereocenters. The fourth-order valence-electron chi connectivity index (χ4n) is 2.35. The quantitative estimate of drug-likeness (QED) is 0.386. The van der Waals surface area contributed by atoms with Crippen molar-refractivity contribution in [2.45, 2.75) is 24.6 Å². The molecule has 0 aliphatic carbocycles. The van der Waals surface area contributed by atoms with Crippen molar-refractivity contribution < 1.29 is 14.2 Å². The average molecular weight is 384 g/mol. The van der Waals surface area contributed by atoms with Crippen molar-refractivity contribution in [3.63, 3.8) is 0 Å². The van der Waals surface area contributed by atoms with E-state index in [0.717, 1.165) is 11.3 Å². The van der Waals surface area contributed by atoms with Gasteiger partial charge in [0.05, 0.1) is 21.9 Å². The van der Waals surface area contributed by atoms with Crippen LogP contribution in [0.1, 0.15) is 27.4 Å². The van der Waals surface area contributed by atoms with E-state index in [2.05, 4.69) is 15.5 Å². The maximum Gasteiger partial charge on any atom is 0.271 e. The van der Waals surface area contributed by atoms with Gasteiger partial charge in [0.15, 0.2) is 0 Å². The van der Waals surface area contributed by atoms with Crippen LogP contribution in [-0.2, 0) is 5.75 Å². The van der Waals surface area contributed by atoms with Crippen LogP contribution in [-0.4, -0.2) is 21.0 Å². The Morgan fingerprint density at radius 3 is 2.81 bits per heavy atom. The van der Waals surface area contributed by atoms with Crippen LogP contribution in [0, 0.1) is 24.0 Å². The number of aryl methyl sites for hydroxylation is 2. The molecule has 1 amide bonds. The minimum absolute atomic E-state index is 0.0851. The summed E-state index contributed by atoms with van der Waals surface area (Å²) in [5.74, 6) is 0.834. The minimum Gasteiger partial charge on any atom is -0.361 e. The predicted molar refractivity (Wildman–Crippen MR) is 101 cm³/mol. The molecule has 2 heterocycles. The van der Waals surface area contributed by atoms with Crippen LogP contribution in [0.4, 0.5) is 11.4 Å². The number of benzene rings is 1. The molecule has 0 fully saturated rings. The first-order valence-corrected chi connectivity index (χ1v) is 8.99. The molecule has 0 saturated heterocycles. The zero-order chi connectivity index (χ0) is 19.4. The van der Waals surface area contributed by atoms with Gasteiger partial charge in [0.2, 0.25) is 0 Å². The highest BCUT2D eigenvalue weighted by Gasteiger charge is 2.16. The van der Waals surface area contributed by atoms with E-state index in [0.29, 0.717) is 27.8 Å². The molecule has 0 bridgehead atoms. The fourth-order valence-corrected chi connectivity index (χ4v) is 3.23. The molecule has 9 heteroatoms. The van der Waals surface area contributed by atoms with Gasteiger partial charge < -0.3 is 9.84 Å². The van der Waals surface area contributed by atoms with Gasteiger partial charge in [-0.3, -0.25) is 14.9 Å². The number of nitro benzene ring substituents is 1. The van der Waals surface area contributed by atoms with Gasteiger partial charge in [-0.2, -0.15) is 0 Å². The monoisotopic (exact) mass is 384 g/mol. The Morgan fingerprint density at radius 2 is 2.11 bits per heavy atom. The van der Waals surface area contributed by atoms with E-state index in [-0.39, 0.29) is 11.6 Å². The van der Waals surface area contributed by atoms with Crippen molar-refractivity contribution in [3.05, 3.63) is 75.3 Å². The summed E-state index contributed by atoms with van der Waals surface area (Å²) in [6.45, 7) is 3.58. The molecule has 27 heavy (non-hydrogen) atoms. The molecule has 138 valence electrons. The Bertz CT molecular complexity index is 1000. The summed E-state index contributed by atoms with van der Waals surface area (Å²) in [6.07, 6.45) is 1.60. The van der Waals surface area contributed by atoms with Gasteiger partial charge in [-0.25, -0.2) is 4.98 Å². The van der Waals surface area contributed by atoms with E-state index in [1.165, 1.54) is 23.9 Å². The highest BCUT2D eigenvalue weighted by molar-refractivity contribution is 7.98. The maximum absolute atomic E-state index is 12.7. The first kappa shape index (κ1) is 18.6. The van der Waals surface area contributed by atoms with Crippen molar-refractivity contribution in [2.75, 3.05) is 5.32 Å². The van der Waals surface area contributed by atoms with Crippen molar-refractivity contribution in [3.8, 4) is 0 Å². The Morgan fingerprint density at radius 1 is 1.30 bits per heavy atom. The second-order valence-corrected chi connectivity index (χ2v) is 6.75. The number of non-ortho nitro benzene ring substituents is 1. The Balaban J connectivity index is 1.79. The lowest BCUT2D eigenvalue weighted by molar-refractivity contribution is -0.384. The third-order valence-electron chi connectivity index (χ3n) is 3.73. The number of carbonyl (C=O) groups excluding carboxylic acids is 1. The van der Waals surface area contributed by atoms with Gasteiger partial charge in [0, 0.05) is 30.1 Å². The number of amides is 1. The van der Waals surface area contributed by atoms with E-state index in [9.17, 15) is 14.9 Å². The molecule has 2 aromatic heterocycles. The molecular formula is C18H16N4O4S. The number of hydrogen-bond acceptors (Lipinski definition) is 7. The molecule has 0 aliphatic heterocycles. The lowest BCUT2D eigenvalue weighted by Crippen LogP contribution is -2.14. The average Bonchev–Trinajstić information content (AvgIpc) is 3.07. The zero-order valence-electron chi connectivity index (χ0n) is 14.6. The molecule has 0 radical (unpaired) electrons. The van der Waals surface area contributed by atoms with E-state index in [4.69, 9.17) is 4.52 Å². The third kappa shape index (κ3) is 4.50. The number of anilines is 1. The van der Waals surface area contributed by atoms with Crippen molar-refractivity contribution in [2.24, 2.45) is 0 Å². The summed E-state index contributed by atoms with van der Waals surface area (Å²) in [7, 11) is 0. The van der Waals surface area contributed by atoms with Gasteiger partial charge in [0.25, 0.3) is 11.6 Å². The molecule has 8 nitrogen and oxygen atoms in total. The molecule has 1 N–H and O–H groups in total. The van der Waals surface area contributed by atoms with Gasteiger partial charge in [-0.1, -0.05) is 23.0 Å². The molecular weight excluding hydrogens is 368 g/mol. The maximum atomic E-state index is 12.7. The van der Waals surface area contributed by atoms with Gasteiger partial charge >= 0.3 is 0 Å². The number of aromatic nitrogens is 2. The number of rotatable bonds is 6. The second kappa shape index (κ2) is 8.00. The predicted octanol–water partition coefficient (Wildman–Crippen LogP) is 4.14. The summed E-state index contributed by atoms with van der Waals surface area (Å²) in [5.41, 5.74) is 2.17. The minimum atomic E-state index is -0.500. The molecule has 3 aromatic rings. The number of pyridine rings is 1. The number of nitrogens with zero attached hydrogens (tertiary/aromatic N) is 3. The number of nitrogens with one attached hydrogen (secondary N) is 1. The van der Waals surface area contributed by atoms with E-state index >= 15 is 0 Å². The van der Waals surface area contributed by atoms with Crippen molar-refractivity contribution in [1.82, 2.24) is 10.1 Å². The highest BCUT2D eigenvalue weighted by Crippen LogP contribution is 2.26. The van der Waals surface area contributed by atoms with Crippen LogP contribution in [0.25, 0.3) is 0 Å². The number of nitro groups is 1. The fraction of sp³-hybridized carbons (Fsp3) is 0.167. The summed E-state index contributed by atoms with van der Waals surface area (Å²) >= 11 is 1.36. The molecule has 3 rings (SSSR count). The Labute approximate surface area is 159 Å². The number of hydrogen-bond donors (Lipinski definition) is 1. The lowest BCUT2D eigenvalue weighted by atomic mass is 10.1. The second-order valence-electron chi connectivity index (χ2n) is 5.78. The van der Waals surface area contributed by atoms with Crippen LogP contribution < -0.4 is 5.32 Å². The largest absolute Gasteiger partial charge is 0.361 e. The highest BCUT2D eigenvalue weighted by atomic mass is 32.2. The topological polar surface area (TPSA) is 111 Å². The molecule has 0 atom stereocenters. The SMILES string of the molecule is Cc1cc(CSc2ncccc2C(=O)Nc2cc([N+](=O)[O-])ccc2C)no1. The van der Waals surface area contributed by atoms with Gasteiger partial charge in [-0.15, -0.1) is 0 Å². The van der Waals surface area contributed by atoms with Crippen molar-refractivity contribution in [1.29, 1.82) is 0 Å². The summed E-state index contributed by atoms with van der Waals surface area (Å²) < 4.78 is 5.04. The molecule has 0 saturated carbocycles. The third-order valence-corrected chi connectivity index (χ3v) is 4.77.